The number of hydrogen-bond acceptors (Lipinski definition) is 10. The normalized spacial score (nSPS) is 11.2. The fourth-order valence-electron chi connectivity index (χ4n) is 3.03. The molecular weight excluding hydrogens is 538 g/mol. The molecule has 0 fully saturated rings. The van der Waals surface area contributed by atoms with Crippen LogP contribution in [-0.2, 0) is 16.8 Å². The Kier molecular flexibility index (Phi) is 9.06. The molecule has 2 N–H and O–H groups in total. The van der Waals surface area contributed by atoms with E-state index in [1.165, 1.54) is 18.1 Å². The van der Waals surface area contributed by atoms with Crippen molar-refractivity contribution in [3.05, 3.63) is 78.1 Å². The standard InChI is InChI=1S/C23H22ClN7O4S2/c1-36-19-13-26-23(27-14-19)35-10-9-34-22-20(17-4-6-18(24)7-5-17)21(28-15-29-22)31-37(32,33)30-12-16-3-2-8-25-11-16/h2-8,11,13-15,30H,9-10,12H2,1H3,(H,28,29,31). The number of pyridine rings is 1. The van der Waals surface area contributed by atoms with Crippen LogP contribution in [0.1, 0.15) is 5.56 Å². The minimum Gasteiger partial charge on any atom is -0.473 e. The van der Waals surface area contributed by atoms with Crippen LogP contribution in [0.4, 0.5) is 5.82 Å². The van der Waals surface area contributed by atoms with Crippen LogP contribution in [0, 0.1) is 0 Å². The van der Waals surface area contributed by atoms with Crippen LogP contribution in [0.3, 0.4) is 0 Å². The first kappa shape index (κ1) is 26.5. The number of anilines is 1. The second-order valence-electron chi connectivity index (χ2n) is 7.30. The molecule has 14 heteroatoms. The smallest absolute Gasteiger partial charge is 0.316 e. The van der Waals surface area contributed by atoms with Gasteiger partial charge in [-0.1, -0.05) is 29.8 Å². The van der Waals surface area contributed by atoms with Crippen molar-refractivity contribution >= 4 is 39.4 Å². The first-order chi connectivity index (χ1) is 17.9. The van der Waals surface area contributed by atoms with Gasteiger partial charge in [-0.2, -0.15) is 13.1 Å². The maximum atomic E-state index is 12.8. The molecule has 0 aliphatic rings. The second-order valence-corrected chi connectivity index (χ2v) is 10.1. The van der Waals surface area contributed by atoms with E-state index in [1.807, 2.05) is 6.26 Å². The van der Waals surface area contributed by atoms with Crippen LogP contribution in [0.2, 0.25) is 5.02 Å². The number of nitrogens with one attached hydrogen (secondary N) is 2. The Morgan fingerprint density at radius 3 is 2.43 bits per heavy atom. The van der Waals surface area contributed by atoms with Crippen molar-refractivity contribution in [2.45, 2.75) is 11.4 Å². The predicted molar refractivity (Wildman–Crippen MR) is 141 cm³/mol. The molecule has 4 aromatic rings. The lowest BCUT2D eigenvalue weighted by Crippen LogP contribution is -2.30. The van der Waals surface area contributed by atoms with Crippen molar-refractivity contribution in [2.24, 2.45) is 0 Å². The van der Waals surface area contributed by atoms with Crippen LogP contribution in [0.25, 0.3) is 11.1 Å². The summed E-state index contributed by atoms with van der Waals surface area (Å²) in [6.07, 6.45) is 9.64. The third-order valence-electron chi connectivity index (χ3n) is 4.76. The molecule has 192 valence electrons. The molecule has 11 nitrogen and oxygen atoms in total. The van der Waals surface area contributed by atoms with Gasteiger partial charge < -0.3 is 9.47 Å². The Labute approximate surface area is 223 Å². The first-order valence-electron chi connectivity index (χ1n) is 10.8. The summed E-state index contributed by atoms with van der Waals surface area (Å²) in [6, 6.07) is 10.5. The van der Waals surface area contributed by atoms with Crippen LogP contribution in [0.5, 0.6) is 11.9 Å². The monoisotopic (exact) mass is 559 g/mol. The van der Waals surface area contributed by atoms with E-state index in [2.05, 4.69) is 34.4 Å². The van der Waals surface area contributed by atoms with Crippen molar-refractivity contribution in [2.75, 3.05) is 24.2 Å². The molecule has 3 aromatic heterocycles. The van der Waals surface area contributed by atoms with Crippen molar-refractivity contribution in [1.29, 1.82) is 0 Å². The number of hydrogen-bond donors (Lipinski definition) is 2. The fourth-order valence-corrected chi connectivity index (χ4v) is 4.31. The van der Waals surface area contributed by atoms with Gasteiger partial charge in [-0.05, 0) is 35.6 Å². The number of aromatic nitrogens is 5. The fraction of sp³-hybridized carbons (Fsp3) is 0.174. The molecule has 0 aliphatic carbocycles. The highest BCUT2D eigenvalue weighted by Crippen LogP contribution is 2.34. The largest absolute Gasteiger partial charge is 0.473 e. The minimum absolute atomic E-state index is 0.0305. The second kappa shape index (κ2) is 12.6. The molecule has 0 spiro atoms. The molecule has 4 rings (SSSR count). The number of ether oxygens (including phenoxy) is 2. The van der Waals surface area contributed by atoms with Crippen molar-refractivity contribution in [3.63, 3.8) is 0 Å². The third kappa shape index (κ3) is 7.73. The number of rotatable bonds is 12. The lowest BCUT2D eigenvalue weighted by molar-refractivity contribution is 0.201. The molecule has 0 saturated heterocycles. The lowest BCUT2D eigenvalue weighted by atomic mass is 10.1. The molecular formula is C23H22ClN7O4S2. The van der Waals surface area contributed by atoms with Gasteiger partial charge in [0.25, 0.3) is 0 Å². The van der Waals surface area contributed by atoms with E-state index in [9.17, 15) is 8.42 Å². The average molecular weight is 560 g/mol. The Balaban J connectivity index is 1.50. The zero-order valence-electron chi connectivity index (χ0n) is 19.5. The Bertz CT molecular complexity index is 1410. The molecule has 37 heavy (non-hydrogen) atoms. The summed E-state index contributed by atoms with van der Waals surface area (Å²) in [4.78, 5) is 21.5. The molecule has 0 amide bonds. The highest BCUT2D eigenvalue weighted by Gasteiger charge is 2.20. The van der Waals surface area contributed by atoms with E-state index < -0.39 is 10.2 Å². The van der Waals surface area contributed by atoms with Crippen molar-refractivity contribution < 1.29 is 17.9 Å². The van der Waals surface area contributed by atoms with Gasteiger partial charge in [0, 0.05) is 41.3 Å². The minimum atomic E-state index is -4.00. The van der Waals surface area contributed by atoms with E-state index in [-0.39, 0.29) is 37.5 Å². The quantitative estimate of drug-likeness (QED) is 0.195. The maximum Gasteiger partial charge on any atom is 0.316 e. The highest BCUT2D eigenvalue weighted by molar-refractivity contribution is 7.98. The van der Waals surface area contributed by atoms with Crippen LogP contribution in [-0.4, -0.2) is 52.8 Å². The summed E-state index contributed by atoms with van der Waals surface area (Å²) in [5, 5.41) is 0.518. The summed E-state index contributed by atoms with van der Waals surface area (Å²) in [5.41, 5.74) is 1.64. The van der Waals surface area contributed by atoms with E-state index in [0.717, 1.165) is 4.90 Å². The van der Waals surface area contributed by atoms with Gasteiger partial charge in [-0.15, -0.1) is 11.8 Å². The van der Waals surface area contributed by atoms with Gasteiger partial charge in [-0.25, -0.2) is 19.9 Å². The molecule has 0 radical (unpaired) electrons. The Morgan fingerprint density at radius 2 is 1.73 bits per heavy atom. The van der Waals surface area contributed by atoms with Crippen molar-refractivity contribution in [3.8, 4) is 23.0 Å². The predicted octanol–water partition coefficient (Wildman–Crippen LogP) is 3.61. The summed E-state index contributed by atoms with van der Waals surface area (Å²) in [7, 11) is -4.00. The van der Waals surface area contributed by atoms with E-state index in [4.69, 9.17) is 21.1 Å². The molecule has 0 bridgehead atoms. The van der Waals surface area contributed by atoms with Crippen LogP contribution >= 0.6 is 23.4 Å². The maximum absolute atomic E-state index is 12.8. The SMILES string of the molecule is CSc1cnc(OCCOc2ncnc(NS(=O)(=O)NCc3cccnc3)c2-c2ccc(Cl)cc2)nc1. The third-order valence-corrected chi connectivity index (χ3v) is 6.68. The highest BCUT2D eigenvalue weighted by atomic mass is 35.5. The van der Waals surface area contributed by atoms with Gasteiger partial charge in [0.15, 0.2) is 5.82 Å². The first-order valence-corrected chi connectivity index (χ1v) is 13.9. The zero-order valence-corrected chi connectivity index (χ0v) is 21.9. The van der Waals surface area contributed by atoms with Gasteiger partial charge in [0.05, 0.1) is 5.56 Å². The Morgan fingerprint density at radius 1 is 0.973 bits per heavy atom. The van der Waals surface area contributed by atoms with E-state index in [0.29, 0.717) is 21.7 Å². The number of nitrogens with zero attached hydrogens (tertiary/aromatic N) is 5. The Hall–Kier alpha value is -3.52. The summed E-state index contributed by atoms with van der Waals surface area (Å²) in [5.74, 6) is 0.187. The zero-order chi connectivity index (χ0) is 26.1. The molecule has 3 heterocycles. The molecule has 0 saturated carbocycles. The molecule has 1 aromatic carbocycles. The number of thioether (sulfide) groups is 1. The summed E-state index contributed by atoms with van der Waals surface area (Å²) < 4.78 is 41.9. The average Bonchev–Trinajstić information content (AvgIpc) is 2.91. The van der Waals surface area contributed by atoms with Gasteiger partial charge >= 0.3 is 16.2 Å². The topological polar surface area (TPSA) is 141 Å². The van der Waals surface area contributed by atoms with Gasteiger partial charge in [0.1, 0.15) is 19.5 Å². The van der Waals surface area contributed by atoms with E-state index in [1.54, 1.807) is 61.2 Å². The summed E-state index contributed by atoms with van der Waals surface area (Å²) >= 11 is 7.57. The van der Waals surface area contributed by atoms with Crippen LogP contribution in [0.15, 0.2) is 72.4 Å². The van der Waals surface area contributed by atoms with Crippen molar-refractivity contribution in [1.82, 2.24) is 29.6 Å². The molecule has 0 atom stereocenters. The lowest BCUT2D eigenvalue weighted by Gasteiger charge is -2.16. The molecule has 0 unspecified atom stereocenters. The van der Waals surface area contributed by atoms with Gasteiger partial charge in [-0.3, -0.25) is 9.71 Å². The van der Waals surface area contributed by atoms with Crippen LogP contribution < -0.4 is 18.9 Å². The van der Waals surface area contributed by atoms with E-state index >= 15 is 0 Å². The molecule has 0 aliphatic heterocycles. The summed E-state index contributed by atoms with van der Waals surface area (Å²) in [6.45, 7) is 0.276. The van der Waals surface area contributed by atoms with Gasteiger partial charge in [0.2, 0.25) is 5.88 Å². The number of benzene rings is 1. The number of halogens is 1.